The maximum atomic E-state index is 12.3. The van der Waals surface area contributed by atoms with Crippen molar-refractivity contribution in [2.45, 2.75) is 0 Å². The van der Waals surface area contributed by atoms with Gasteiger partial charge in [-0.3, -0.25) is 10.1 Å². The summed E-state index contributed by atoms with van der Waals surface area (Å²) < 4.78 is 1.14. The number of amides is 1. The molecule has 3 rings (SSSR count). The number of carbonyl (C=O) groups is 1. The average molecular weight is 454 g/mol. The Labute approximate surface area is 153 Å². The third-order valence-electron chi connectivity index (χ3n) is 3.07. The molecule has 0 atom stereocenters. The number of benzene rings is 2. The number of hydrogen-bond acceptors (Lipinski definition) is 4. The summed E-state index contributed by atoms with van der Waals surface area (Å²) in [7, 11) is 0. The second-order valence-corrected chi connectivity index (χ2v) is 7.27. The number of phenols is 1. The van der Waals surface area contributed by atoms with Gasteiger partial charge in [-0.15, -0.1) is 11.3 Å². The number of nitrogens with one attached hydrogen (secondary N) is 1. The van der Waals surface area contributed by atoms with Crippen molar-refractivity contribution in [1.82, 2.24) is 4.98 Å². The summed E-state index contributed by atoms with van der Waals surface area (Å²) in [6, 6.07) is 12.9. The van der Waals surface area contributed by atoms with Gasteiger partial charge in [-0.2, -0.15) is 0 Å². The number of thiazole rings is 1. The van der Waals surface area contributed by atoms with Crippen LogP contribution in [0.2, 0.25) is 0 Å². The van der Waals surface area contributed by atoms with Crippen molar-refractivity contribution in [2.75, 3.05) is 5.32 Å². The van der Waals surface area contributed by atoms with Crippen molar-refractivity contribution >= 4 is 54.2 Å². The molecule has 23 heavy (non-hydrogen) atoms. The van der Waals surface area contributed by atoms with Crippen molar-refractivity contribution in [1.29, 1.82) is 0 Å². The molecule has 2 N–H and O–H groups in total. The maximum absolute atomic E-state index is 12.3. The summed E-state index contributed by atoms with van der Waals surface area (Å²) in [5.41, 5.74) is 1.95. The van der Waals surface area contributed by atoms with E-state index in [-0.39, 0.29) is 11.3 Å². The van der Waals surface area contributed by atoms with Crippen LogP contribution < -0.4 is 5.32 Å². The van der Waals surface area contributed by atoms with Crippen molar-refractivity contribution in [3.63, 3.8) is 0 Å². The van der Waals surface area contributed by atoms with Crippen LogP contribution in [0.3, 0.4) is 0 Å². The van der Waals surface area contributed by atoms with E-state index >= 15 is 0 Å². The number of aromatic nitrogens is 1. The van der Waals surface area contributed by atoms with Crippen LogP contribution in [0.4, 0.5) is 5.13 Å². The van der Waals surface area contributed by atoms with Gasteiger partial charge >= 0.3 is 0 Å². The number of phenolic OH excluding ortho intramolecular Hbond substituents is 1. The van der Waals surface area contributed by atoms with Crippen LogP contribution in [0, 0.1) is 0 Å². The Bertz CT molecular complexity index is 866. The van der Waals surface area contributed by atoms with Crippen LogP contribution in [0.15, 0.2) is 56.8 Å². The van der Waals surface area contributed by atoms with Gasteiger partial charge in [0, 0.05) is 15.4 Å². The fraction of sp³-hybridized carbons (Fsp3) is 0. The summed E-state index contributed by atoms with van der Waals surface area (Å²) in [6.45, 7) is 0. The lowest BCUT2D eigenvalue weighted by atomic mass is 10.2. The third kappa shape index (κ3) is 3.63. The third-order valence-corrected chi connectivity index (χ3v) is 4.89. The lowest BCUT2D eigenvalue weighted by molar-refractivity contribution is 0.102. The number of carbonyl (C=O) groups excluding carboxylic acids is 1. The number of aromatic hydroxyl groups is 1. The number of rotatable bonds is 3. The molecule has 3 aromatic rings. The summed E-state index contributed by atoms with van der Waals surface area (Å²) in [5, 5.41) is 15.1. The second kappa shape index (κ2) is 6.82. The van der Waals surface area contributed by atoms with Crippen LogP contribution in [0.25, 0.3) is 11.3 Å². The van der Waals surface area contributed by atoms with E-state index in [0.717, 1.165) is 11.3 Å². The van der Waals surface area contributed by atoms with E-state index < -0.39 is 5.91 Å². The Morgan fingerprint density at radius 1 is 1.17 bits per heavy atom. The van der Waals surface area contributed by atoms with E-state index in [2.05, 4.69) is 42.2 Å². The predicted octanol–water partition coefficient (Wildman–Crippen LogP) is 5.29. The molecular formula is C16H10Br2N2O2S. The number of hydrogen-bond donors (Lipinski definition) is 2. The molecular weight excluding hydrogens is 444 g/mol. The highest BCUT2D eigenvalue weighted by molar-refractivity contribution is 9.11. The van der Waals surface area contributed by atoms with Crippen molar-refractivity contribution in [3.8, 4) is 17.0 Å². The molecule has 0 fully saturated rings. The zero-order valence-electron chi connectivity index (χ0n) is 11.6. The molecule has 1 aromatic heterocycles. The van der Waals surface area contributed by atoms with Gasteiger partial charge in [-0.1, -0.05) is 46.3 Å². The van der Waals surface area contributed by atoms with Crippen molar-refractivity contribution in [3.05, 3.63) is 62.4 Å². The molecule has 0 aliphatic rings. The molecule has 0 aliphatic carbocycles. The highest BCUT2D eigenvalue weighted by Gasteiger charge is 2.16. The Kier molecular flexibility index (Phi) is 4.79. The van der Waals surface area contributed by atoms with Gasteiger partial charge in [0.25, 0.3) is 5.91 Å². The van der Waals surface area contributed by atoms with Crippen molar-refractivity contribution in [2.24, 2.45) is 0 Å². The van der Waals surface area contributed by atoms with Crippen LogP contribution in [-0.4, -0.2) is 16.0 Å². The standard InChI is InChI=1S/C16H10Br2N2O2S/c17-10-6-11(14(21)12(18)7-10)15(22)20-16-19-13(8-23-16)9-4-2-1-3-5-9/h1-8,21H,(H,19,20,22). The summed E-state index contributed by atoms with van der Waals surface area (Å²) >= 11 is 7.85. The average Bonchev–Trinajstić information content (AvgIpc) is 3.00. The normalized spacial score (nSPS) is 10.5. The van der Waals surface area contributed by atoms with Gasteiger partial charge in [0.2, 0.25) is 0 Å². The van der Waals surface area contributed by atoms with Crippen LogP contribution in [-0.2, 0) is 0 Å². The maximum Gasteiger partial charge on any atom is 0.261 e. The smallest absolute Gasteiger partial charge is 0.261 e. The zero-order valence-corrected chi connectivity index (χ0v) is 15.6. The lowest BCUT2D eigenvalue weighted by Gasteiger charge is -2.07. The molecule has 4 nitrogen and oxygen atoms in total. The van der Waals surface area contributed by atoms with Crippen LogP contribution in [0.5, 0.6) is 5.75 Å². The first kappa shape index (κ1) is 16.2. The number of halogens is 2. The van der Waals surface area contributed by atoms with Gasteiger partial charge in [-0.05, 0) is 28.1 Å². The van der Waals surface area contributed by atoms with Crippen molar-refractivity contribution < 1.29 is 9.90 Å². The Hall–Kier alpha value is -1.70. The highest BCUT2D eigenvalue weighted by Crippen LogP contribution is 2.32. The number of anilines is 1. The Morgan fingerprint density at radius 2 is 1.91 bits per heavy atom. The molecule has 116 valence electrons. The molecule has 7 heteroatoms. The van der Waals surface area contributed by atoms with E-state index in [1.807, 2.05) is 35.7 Å². The fourth-order valence-electron chi connectivity index (χ4n) is 1.98. The summed E-state index contributed by atoms with van der Waals surface area (Å²) in [6.07, 6.45) is 0. The monoisotopic (exact) mass is 452 g/mol. The first-order valence-electron chi connectivity index (χ1n) is 6.55. The van der Waals surface area contributed by atoms with Crippen LogP contribution >= 0.6 is 43.2 Å². The Morgan fingerprint density at radius 3 is 2.65 bits per heavy atom. The molecule has 0 aliphatic heterocycles. The molecule has 2 aromatic carbocycles. The first-order valence-corrected chi connectivity index (χ1v) is 9.01. The molecule has 1 amide bonds. The first-order chi connectivity index (χ1) is 11.0. The van der Waals surface area contributed by atoms with E-state index in [1.54, 1.807) is 12.1 Å². The molecule has 0 saturated carbocycles. The minimum absolute atomic E-state index is 0.106. The molecule has 0 spiro atoms. The van der Waals surface area contributed by atoms with Gasteiger partial charge in [-0.25, -0.2) is 4.98 Å². The SMILES string of the molecule is O=C(Nc1nc(-c2ccccc2)cs1)c1cc(Br)cc(Br)c1O. The number of nitrogens with zero attached hydrogens (tertiary/aromatic N) is 1. The van der Waals surface area contributed by atoms with Crippen LogP contribution in [0.1, 0.15) is 10.4 Å². The van der Waals surface area contributed by atoms with Gasteiger partial charge < -0.3 is 5.11 Å². The minimum atomic E-state index is -0.418. The fourth-order valence-corrected chi connectivity index (χ4v) is 3.92. The summed E-state index contributed by atoms with van der Waals surface area (Å²) in [5.74, 6) is -0.524. The molecule has 0 saturated heterocycles. The van der Waals surface area contributed by atoms with E-state index in [1.165, 1.54) is 11.3 Å². The largest absolute Gasteiger partial charge is 0.506 e. The predicted molar refractivity (Wildman–Crippen MR) is 99.0 cm³/mol. The molecule has 0 radical (unpaired) electrons. The van der Waals surface area contributed by atoms with Gasteiger partial charge in [0.15, 0.2) is 5.13 Å². The molecule has 0 unspecified atom stereocenters. The van der Waals surface area contributed by atoms with Gasteiger partial charge in [0.05, 0.1) is 15.7 Å². The second-order valence-electron chi connectivity index (χ2n) is 4.64. The van der Waals surface area contributed by atoms with E-state index in [0.29, 0.717) is 14.1 Å². The Balaban J connectivity index is 1.83. The topological polar surface area (TPSA) is 62.2 Å². The zero-order chi connectivity index (χ0) is 16.4. The van der Waals surface area contributed by atoms with E-state index in [9.17, 15) is 9.90 Å². The molecule has 1 heterocycles. The lowest BCUT2D eigenvalue weighted by Crippen LogP contribution is -2.12. The van der Waals surface area contributed by atoms with E-state index in [4.69, 9.17) is 0 Å². The minimum Gasteiger partial charge on any atom is -0.506 e. The highest BCUT2D eigenvalue weighted by atomic mass is 79.9. The van der Waals surface area contributed by atoms with Gasteiger partial charge in [0.1, 0.15) is 5.75 Å². The quantitative estimate of drug-likeness (QED) is 0.566. The summed E-state index contributed by atoms with van der Waals surface area (Å²) in [4.78, 5) is 16.7. The molecule has 0 bridgehead atoms.